The highest BCUT2D eigenvalue weighted by molar-refractivity contribution is 5.98. The molecule has 8 amide bonds. The van der Waals surface area contributed by atoms with Gasteiger partial charge in [-0.3, -0.25) is 38.4 Å². The molecule has 7 N–H and O–H groups in total. The van der Waals surface area contributed by atoms with Gasteiger partial charge < -0.3 is 51.8 Å². The van der Waals surface area contributed by atoms with Gasteiger partial charge in [0.25, 0.3) is 11.8 Å². The number of amides is 8. The zero-order valence-corrected chi connectivity index (χ0v) is 49.9. The third kappa shape index (κ3) is 14.8. The fourth-order valence-corrected chi connectivity index (χ4v) is 11.7. The van der Waals surface area contributed by atoms with Gasteiger partial charge in [0, 0.05) is 42.2 Å². The lowest BCUT2D eigenvalue weighted by molar-refractivity contribution is -0.144. The summed E-state index contributed by atoms with van der Waals surface area (Å²) in [7, 11) is 1.66. The van der Waals surface area contributed by atoms with E-state index in [1.165, 1.54) is 20.9 Å². The van der Waals surface area contributed by atoms with Crippen LogP contribution in [0.3, 0.4) is 0 Å². The molecule has 8 rings (SSSR count). The summed E-state index contributed by atoms with van der Waals surface area (Å²) in [6, 6.07) is 23.3. The topological polar surface area (TPSA) is 236 Å². The van der Waals surface area contributed by atoms with Crippen molar-refractivity contribution in [1.29, 1.82) is 0 Å². The second-order valence-electron chi connectivity index (χ2n) is 25.2. The fraction of sp³-hybridized carbons (Fsp3) is 0.508. The SMILES string of the molecule is CC[C@@H](C)C(=O)N[C@H](C(=O)N1C[C@@H](NC(=O)c2ccc(Oc3ccc(C(=O)N[C@H]4C[C@@H](C(=O)N[C@@H]5CCCc6ccccc65)N(C(=O)[C@@H](NC(=O)[C@H](C)NC)C(C)(C)C)C4)cc3)cc2)C[C@H]1C(=O)N[C@@H]1CCCc2ccccc21)C(C)(C)C. The van der Waals surface area contributed by atoms with Gasteiger partial charge in [-0.05, 0) is 153 Å². The zero-order chi connectivity index (χ0) is 59.9. The highest BCUT2D eigenvalue weighted by Gasteiger charge is 2.48. The van der Waals surface area contributed by atoms with Crippen molar-refractivity contribution in [2.24, 2.45) is 16.7 Å². The minimum atomic E-state index is -0.960. The summed E-state index contributed by atoms with van der Waals surface area (Å²) >= 11 is 0. The van der Waals surface area contributed by atoms with Crippen LogP contribution in [0.5, 0.6) is 11.5 Å². The summed E-state index contributed by atoms with van der Waals surface area (Å²) in [5.41, 5.74) is 3.73. The molecule has 4 aromatic rings. The van der Waals surface area contributed by atoms with E-state index in [-0.39, 0.29) is 73.5 Å². The quantitative estimate of drug-likeness (QED) is 0.0540. The van der Waals surface area contributed by atoms with Crippen LogP contribution >= 0.6 is 0 Å². The van der Waals surface area contributed by atoms with Crippen LogP contribution in [0, 0.1) is 16.7 Å². The number of likely N-dealkylation sites (tertiary alicyclic amines) is 2. The lowest BCUT2D eigenvalue weighted by Gasteiger charge is -2.36. The van der Waals surface area contributed by atoms with Crippen LogP contribution in [0.15, 0.2) is 97.1 Å². The van der Waals surface area contributed by atoms with Gasteiger partial charge in [-0.2, -0.15) is 0 Å². The summed E-state index contributed by atoms with van der Waals surface area (Å²) in [4.78, 5) is 115. The van der Waals surface area contributed by atoms with Crippen molar-refractivity contribution >= 4 is 47.3 Å². The van der Waals surface area contributed by atoms with E-state index >= 15 is 0 Å². The predicted octanol–water partition coefficient (Wildman–Crippen LogP) is 6.98. The maximum Gasteiger partial charge on any atom is 0.251 e. The highest BCUT2D eigenvalue weighted by atomic mass is 16.5. The van der Waals surface area contributed by atoms with E-state index in [9.17, 15) is 38.4 Å². The lowest BCUT2D eigenvalue weighted by atomic mass is 9.85. The number of aryl methyl sites for hydroxylation is 2. The third-order valence-corrected chi connectivity index (χ3v) is 17.0. The van der Waals surface area contributed by atoms with Gasteiger partial charge in [0.15, 0.2) is 0 Å². The van der Waals surface area contributed by atoms with Crippen molar-refractivity contribution in [1.82, 2.24) is 47.0 Å². The molecule has 2 aliphatic heterocycles. The number of carbonyl (C=O) groups is 8. The molecule has 0 saturated carbocycles. The molecule has 18 nitrogen and oxygen atoms in total. The molecule has 83 heavy (non-hydrogen) atoms. The molecule has 0 spiro atoms. The van der Waals surface area contributed by atoms with E-state index in [1.807, 2.05) is 91.8 Å². The van der Waals surface area contributed by atoms with Crippen LogP contribution in [0.2, 0.25) is 0 Å². The molecule has 18 heteroatoms. The molecule has 10 atom stereocenters. The minimum absolute atomic E-state index is 0.0488. The number of likely N-dealkylation sites (N-methyl/N-ethyl adjacent to an activating group) is 1. The minimum Gasteiger partial charge on any atom is -0.457 e. The van der Waals surface area contributed by atoms with Gasteiger partial charge in [0.05, 0.1) is 18.1 Å². The molecule has 444 valence electrons. The highest BCUT2D eigenvalue weighted by Crippen LogP contribution is 2.34. The number of fused-ring (bicyclic) bond motifs is 2. The largest absolute Gasteiger partial charge is 0.457 e. The average Bonchev–Trinajstić information content (AvgIpc) is 4.23. The first kappa shape index (κ1) is 61.5. The summed E-state index contributed by atoms with van der Waals surface area (Å²) in [5, 5.41) is 21.4. The normalized spacial score (nSPS) is 21.9. The first-order valence-corrected chi connectivity index (χ1v) is 29.6. The Labute approximate surface area is 488 Å². The predicted molar refractivity (Wildman–Crippen MR) is 317 cm³/mol. The van der Waals surface area contributed by atoms with E-state index in [4.69, 9.17) is 4.74 Å². The smallest absolute Gasteiger partial charge is 0.251 e. The Morgan fingerprint density at radius 2 is 0.952 bits per heavy atom. The molecule has 4 aromatic carbocycles. The second-order valence-corrected chi connectivity index (χ2v) is 25.2. The van der Waals surface area contributed by atoms with Gasteiger partial charge in [0.2, 0.25) is 35.4 Å². The van der Waals surface area contributed by atoms with Crippen molar-refractivity contribution in [3.63, 3.8) is 0 Å². The monoisotopic (exact) mass is 1140 g/mol. The van der Waals surface area contributed by atoms with E-state index in [1.54, 1.807) is 62.5 Å². The van der Waals surface area contributed by atoms with Crippen molar-refractivity contribution < 1.29 is 43.1 Å². The summed E-state index contributed by atoms with van der Waals surface area (Å²) in [6.07, 6.45) is 6.09. The average molecular weight is 1140 g/mol. The Kier molecular flexibility index (Phi) is 19.5. The molecule has 0 aromatic heterocycles. The first-order chi connectivity index (χ1) is 39.4. The lowest BCUT2D eigenvalue weighted by Crippen LogP contribution is -2.59. The number of nitrogens with zero attached hydrogens (tertiary/aromatic N) is 2. The van der Waals surface area contributed by atoms with Gasteiger partial charge in [-0.1, -0.05) is 104 Å². The maximum absolute atomic E-state index is 14.6. The maximum atomic E-state index is 14.6. The van der Waals surface area contributed by atoms with Crippen LogP contribution in [0.1, 0.15) is 162 Å². The number of hydrogen-bond donors (Lipinski definition) is 7. The Morgan fingerprint density at radius 1 is 0.554 bits per heavy atom. The second kappa shape index (κ2) is 26.3. The van der Waals surface area contributed by atoms with E-state index in [0.29, 0.717) is 29.0 Å². The van der Waals surface area contributed by atoms with Gasteiger partial charge in [-0.15, -0.1) is 0 Å². The standard InChI is InChI=1S/C65H85N9O9/c1-11-38(2)56(75)71-54(64(4,5)6)62(81)73-36-44(34-52(73)60(79)69-50-24-16-20-40-18-12-14-22-48(40)50)67-58(77)42-26-30-46(31-27-42)83-47-32-28-43(29-33-47)59(78)68-45-35-53(61(80)70-51-25-17-21-41-19-13-15-23-49(41)51)74(37-45)63(82)55(65(7,8)9)72-57(76)39(3)66-10/h12-15,18-19,22-23,26-33,38-39,44-45,50-55,66H,11,16-17,20-21,24-25,34-37H2,1-10H3,(H,67,77)(H,68,78)(H,69,79)(H,70,80)(H,71,75)(H,72,76)/t38-,39+,44+,45+,50-,51-,52+,53+,54-,55-/m1/s1. The van der Waals surface area contributed by atoms with Gasteiger partial charge >= 0.3 is 0 Å². The Hall–Kier alpha value is -7.60. The third-order valence-electron chi connectivity index (χ3n) is 17.0. The molecule has 0 unspecified atom stereocenters. The summed E-state index contributed by atoms with van der Waals surface area (Å²) < 4.78 is 6.14. The molecule has 2 saturated heterocycles. The van der Waals surface area contributed by atoms with Crippen molar-refractivity contribution in [3.8, 4) is 11.5 Å². The van der Waals surface area contributed by atoms with Crippen LogP contribution < -0.4 is 42.0 Å². The van der Waals surface area contributed by atoms with Gasteiger partial charge in [0.1, 0.15) is 35.7 Å². The number of carbonyl (C=O) groups excluding carboxylic acids is 8. The Morgan fingerprint density at radius 3 is 1.34 bits per heavy atom. The number of rotatable bonds is 18. The molecule has 4 aliphatic rings. The molecular formula is C65H85N9O9. The van der Waals surface area contributed by atoms with Crippen molar-refractivity contribution in [2.45, 2.75) is 174 Å². The number of ether oxygens (including phenoxy) is 1. The van der Waals surface area contributed by atoms with E-state index in [0.717, 1.165) is 49.7 Å². The summed E-state index contributed by atoms with van der Waals surface area (Å²) in [5.74, 6) is -2.31. The Bertz CT molecular complexity index is 2820. The molecule has 2 fully saturated rings. The molecule has 0 radical (unpaired) electrons. The van der Waals surface area contributed by atoms with Gasteiger partial charge in [-0.25, -0.2) is 0 Å². The molecular weight excluding hydrogens is 1050 g/mol. The van der Waals surface area contributed by atoms with Crippen molar-refractivity contribution in [3.05, 3.63) is 130 Å². The fourth-order valence-electron chi connectivity index (χ4n) is 11.7. The number of hydrogen-bond acceptors (Lipinski definition) is 10. The molecule has 0 bridgehead atoms. The number of benzene rings is 4. The van der Waals surface area contributed by atoms with Crippen molar-refractivity contribution in [2.75, 3.05) is 20.1 Å². The van der Waals surface area contributed by atoms with Crippen LogP contribution in [-0.4, -0.2) is 119 Å². The number of nitrogens with one attached hydrogen (secondary N) is 7. The molecule has 2 aliphatic carbocycles. The van der Waals surface area contributed by atoms with E-state index < -0.39 is 70.8 Å². The molecule has 2 heterocycles. The first-order valence-electron chi connectivity index (χ1n) is 29.6. The van der Waals surface area contributed by atoms with Crippen LogP contribution in [0.4, 0.5) is 0 Å². The van der Waals surface area contributed by atoms with E-state index in [2.05, 4.69) is 49.4 Å². The zero-order valence-electron chi connectivity index (χ0n) is 49.9. The van der Waals surface area contributed by atoms with Crippen LogP contribution in [-0.2, 0) is 41.6 Å². The Balaban J connectivity index is 0.912. The van der Waals surface area contributed by atoms with Crippen LogP contribution in [0.25, 0.3) is 0 Å². The summed E-state index contributed by atoms with van der Waals surface area (Å²) in [6.45, 7) is 16.8.